The monoisotopic (exact) mass is 309 g/mol. The summed E-state index contributed by atoms with van der Waals surface area (Å²) in [5.74, 6) is 1.26. The molecule has 1 aromatic carbocycles. The molecule has 1 aromatic heterocycles. The smallest absolute Gasteiger partial charge is 0.182 e. The molecule has 0 saturated heterocycles. The minimum atomic E-state index is -0.937. The van der Waals surface area contributed by atoms with E-state index in [1.807, 2.05) is 19.9 Å². The number of ether oxygens (including phenoxy) is 1. The third-order valence-corrected chi connectivity index (χ3v) is 4.31. The average molecular weight is 309 g/mol. The first-order valence-corrected chi connectivity index (χ1v) is 8.25. The van der Waals surface area contributed by atoms with Gasteiger partial charge in [0.15, 0.2) is 5.82 Å². The number of nitrogens with two attached hydrogens (primary N) is 1. The number of hydrogen-bond donors (Lipinski definition) is 1. The van der Waals surface area contributed by atoms with Crippen molar-refractivity contribution in [2.45, 2.75) is 25.6 Å². The fraction of sp³-hybridized carbons (Fsp3) is 0.462. The molecule has 0 aliphatic rings. The van der Waals surface area contributed by atoms with Gasteiger partial charge in [-0.25, -0.2) is 4.68 Å². The number of anilines is 1. The van der Waals surface area contributed by atoms with Gasteiger partial charge >= 0.3 is 0 Å². The van der Waals surface area contributed by atoms with Crippen LogP contribution in [0, 0.1) is 0 Å². The van der Waals surface area contributed by atoms with Gasteiger partial charge in [0.2, 0.25) is 0 Å². The first kappa shape index (κ1) is 15.4. The zero-order chi connectivity index (χ0) is 15.4. The highest BCUT2D eigenvalue weighted by molar-refractivity contribution is 7.84. The van der Waals surface area contributed by atoms with Gasteiger partial charge in [0.05, 0.1) is 18.4 Å². The predicted molar refractivity (Wildman–Crippen MR) is 82.4 cm³/mol. The maximum Gasteiger partial charge on any atom is 0.182 e. The fourth-order valence-corrected chi connectivity index (χ4v) is 2.24. The van der Waals surface area contributed by atoms with Crippen LogP contribution < -0.4 is 10.5 Å². The van der Waals surface area contributed by atoms with E-state index < -0.39 is 10.8 Å². The highest BCUT2D eigenvalue weighted by Gasteiger charge is 2.15. The molecule has 2 rings (SSSR count). The van der Waals surface area contributed by atoms with Crippen molar-refractivity contribution in [2.24, 2.45) is 0 Å². The molecule has 114 valence electrons. The molecule has 0 saturated carbocycles. The van der Waals surface area contributed by atoms with E-state index in [0.29, 0.717) is 30.4 Å². The lowest BCUT2D eigenvalue weighted by Gasteiger charge is -2.11. The van der Waals surface area contributed by atoms with Gasteiger partial charge in [0.25, 0.3) is 0 Å². The van der Waals surface area contributed by atoms with Crippen LogP contribution in [0.25, 0.3) is 11.4 Å². The third kappa shape index (κ3) is 3.78. The van der Waals surface area contributed by atoms with Crippen LogP contribution in [0.2, 0.25) is 0 Å². The summed E-state index contributed by atoms with van der Waals surface area (Å²) in [5.41, 5.74) is 7.25. The van der Waals surface area contributed by atoms with Gasteiger partial charge in [-0.1, -0.05) is 0 Å². The molecule has 0 fully saturated rings. The van der Waals surface area contributed by atoms with E-state index in [-0.39, 0.29) is 5.25 Å². The van der Waals surface area contributed by atoms with Crippen LogP contribution in [-0.4, -0.2) is 42.5 Å². The minimum absolute atomic E-state index is 0.0420. The molecule has 0 amide bonds. The van der Waals surface area contributed by atoms with Crippen molar-refractivity contribution in [3.63, 3.8) is 0 Å². The second-order valence-corrected chi connectivity index (χ2v) is 6.52. The molecular weight excluding hydrogens is 290 g/mol. The number of tetrazole rings is 1. The minimum Gasteiger partial charge on any atom is -0.494 e. The Morgan fingerprint density at radius 1 is 1.43 bits per heavy atom. The van der Waals surface area contributed by atoms with E-state index in [0.717, 1.165) is 5.56 Å². The summed E-state index contributed by atoms with van der Waals surface area (Å²) in [6.07, 6.45) is 1.67. The molecule has 0 bridgehead atoms. The maximum absolute atomic E-state index is 11.5. The van der Waals surface area contributed by atoms with Crippen LogP contribution in [0.15, 0.2) is 18.2 Å². The molecule has 2 atom stereocenters. The van der Waals surface area contributed by atoms with E-state index in [9.17, 15) is 4.21 Å². The van der Waals surface area contributed by atoms with Crippen molar-refractivity contribution in [3.05, 3.63) is 18.2 Å². The largest absolute Gasteiger partial charge is 0.494 e. The van der Waals surface area contributed by atoms with Crippen molar-refractivity contribution in [2.75, 3.05) is 18.6 Å². The van der Waals surface area contributed by atoms with Crippen molar-refractivity contribution in [1.82, 2.24) is 20.2 Å². The summed E-state index contributed by atoms with van der Waals surface area (Å²) in [5, 5.41) is 11.6. The van der Waals surface area contributed by atoms with E-state index in [1.54, 1.807) is 23.1 Å². The van der Waals surface area contributed by atoms with Gasteiger partial charge < -0.3 is 10.5 Å². The lowest BCUT2D eigenvalue weighted by molar-refractivity contribution is 0.340. The van der Waals surface area contributed by atoms with Gasteiger partial charge in [-0.2, -0.15) is 0 Å². The van der Waals surface area contributed by atoms with Crippen LogP contribution in [0.3, 0.4) is 0 Å². The van der Waals surface area contributed by atoms with Crippen LogP contribution in [-0.2, 0) is 17.3 Å². The van der Waals surface area contributed by atoms with Gasteiger partial charge in [-0.3, -0.25) is 4.21 Å². The molecule has 2 N–H and O–H groups in total. The Hall–Kier alpha value is -1.96. The van der Waals surface area contributed by atoms with Gasteiger partial charge in [-0.15, -0.1) is 5.10 Å². The topological polar surface area (TPSA) is 95.9 Å². The van der Waals surface area contributed by atoms with Gasteiger partial charge in [-0.05, 0) is 36.4 Å². The van der Waals surface area contributed by atoms with Crippen molar-refractivity contribution >= 4 is 16.5 Å². The van der Waals surface area contributed by atoms with Crippen molar-refractivity contribution in [1.29, 1.82) is 0 Å². The second kappa shape index (κ2) is 6.66. The Bertz CT molecular complexity index is 643. The quantitative estimate of drug-likeness (QED) is 0.802. The highest BCUT2D eigenvalue weighted by Crippen LogP contribution is 2.26. The number of hydrogen-bond acceptors (Lipinski definition) is 6. The maximum atomic E-state index is 11.5. The zero-order valence-corrected chi connectivity index (χ0v) is 13.1. The SMILES string of the molecule is CCOc1cc(N)cc(-c2nnnn2CC(C)S(C)=O)c1. The van der Waals surface area contributed by atoms with Crippen LogP contribution >= 0.6 is 0 Å². The summed E-state index contributed by atoms with van der Waals surface area (Å²) < 4.78 is 18.6. The van der Waals surface area contributed by atoms with E-state index in [2.05, 4.69) is 15.5 Å². The first-order valence-electron chi connectivity index (χ1n) is 6.63. The average Bonchev–Trinajstić information content (AvgIpc) is 2.86. The summed E-state index contributed by atoms with van der Waals surface area (Å²) in [7, 11) is -0.937. The van der Waals surface area contributed by atoms with Crippen molar-refractivity contribution in [3.8, 4) is 17.1 Å². The standard InChI is InChI=1S/C13H19N5O2S/c1-4-20-12-6-10(5-11(14)7-12)13-15-16-17-18(13)8-9(2)21(3)19/h5-7,9H,4,8,14H2,1-3H3. The lowest BCUT2D eigenvalue weighted by atomic mass is 10.1. The number of aromatic nitrogens is 4. The number of benzene rings is 1. The molecule has 7 nitrogen and oxygen atoms in total. The molecule has 0 spiro atoms. The summed E-state index contributed by atoms with van der Waals surface area (Å²) in [6, 6.07) is 5.39. The number of nitrogens with zero attached hydrogens (tertiary/aromatic N) is 4. The Balaban J connectivity index is 2.34. The molecule has 2 aromatic rings. The molecule has 0 radical (unpaired) electrons. The summed E-state index contributed by atoms with van der Waals surface area (Å²) in [4.78, 5) is 0. The Labute approximate surface area is 125 Å². The van der Waals surface area contributed by atoms with E-state index in [1.165, 1.54) is 0 Å². The normalized spacial score (nSPS) is 13.9. The van der Waals surface area contributed by atoms with Gasteiger partial charge in [0, 0.05) is 34.4 Å². The Morgan fingerprint density at radius 2 is 2.19 bits per heavy atom. The highest BCUT2D eigenvalue weighted by atomic mass is 32.2. The first-order chi connectivity index (χ1) is 10.0. The molecule has 0 aliphatic carbocycles. The predicted octanol–water partition coefficient (Wildman–Crippen LogP) is 1.09. The molecule has 21 heavy (non-hydrogen) atoms. The number of rotatable bonds is 6. The van der Waals surface area contributed by atoms with Crippen LogP contribution in [0.4, 0.5) is 5.69 Å². The molecule has 1 heterocycles. The second-order valence-electron chi connectivity index (χ2n) is 4.72. The summed E-state index contributed by atoms with van der Waals surface area (Å²) >= 11 is 0. The molecular formula is C13H19N5O2S. The summed E-state index contributed by atoms with van der Waals surface area (Å²) in [6.45, 7) is 4.83. The van der Waals surface area contributed by atoms with Crippen LogP contribution in [0.5, 0.6) is 5.75 Å². The van der Waals surface area contributed by atoms with Crippen molar-refractivity contribution < 1.29 is 8.95 Å². The number of nitrogen functional groups attached to an aromatic ring is 1. The zero-order valence-electron chi connectivity index (χ0n) is 12.3. The Morgan fingerprint density at radius 3 is 2.86 bits per heavy atom. The molecule has 0 aliphatic heterocycles. The molecule has 2 unspecified atom stereocenters. The van der Waals surface area contributed by atoms with Crippen LogP contribution in [0.1, 0.15) is 13.8 Å². The van der Waals surface area contributed by atoms with E-state index in [4.69, 9.17) is 10.5 Å². The van der Waals surface area contributed by atoms with Gasteiger partial charge in [0.1, 0.15) is 5.75 Å². The van der Waals surface area contributed by atoms with E-state index >= 15 is 0 Å². The molecule has 8 heteroatoms. The lowest BCUT2D eigenvalue weighted by Crippen LogP contribution is -2.19. The Kier molecular flexibility index (Phi) is 4.89. The fourth-order valence-electron chi connectivity index (χ4n) is 1.88. The third-order valence-electron chi connectivity index (χ3n) is 3.03.